The van der Waals surface area contributed by atoms with Gasteiger partial charge in [0, 0.05) is 30.8 Å². The highest BCUT2D eigenvalue weighted by Gasteiger charge is 2.35. The van der Waals surface area contributed by atoms with Crippen molar-refractivity contribution in [2.45, 2.75) is 6.42 Å². The van der Waals surface area contributed by atoms with Gasteiger partial charge in [-0.2, -0.15) is 4.98 Å². The number of carboxylic acids is 1. The summed E-state index contributed by atoms with van der Waals surface area (Å²) in [7, 11) is 0. The van der Waals surface area contributed by atoms with E-state index in [1.165, 1.54) is 0 Å². The monoisotopic (exact) mass is 379 g/mol. The number of fused-ring (bicyclic) bond motifs is 2. The minimum absolute atomic E-state index is 0.204. The van der Waals surface area contributed by atoms with E-state index in [4.69, 9.17) is 14.3 Å². The molecule has 0 aliphatic carbocycles. The van der Waals surface area contributed by atoms with E-state index >= 15 is 0 Å². The second-order valence-electron chi connectivity index (χ2n) is 6.99. The number of nitrogens with one attached hydrogen (secondary N) is 1. The molecule has 2 aromatic carbocycles. The quantitative estimate of drug-likeness (QED) is 0.718. The number of carbonyl (C=O) groups excluding carboxylic acids is 1. The Morgan fingerprint density at radius 3 is 2.86 bits per heavy atom. The Bertz CT molecular complexity index is 1100. The SMILES string of the molecule is O=C(Nc1ccc2oc(N3CC(C(=O)O)C3)nc2c1)c1ccc2c(c1)CCO2. The van der Waals surface area contributed by atoms with Crippen LogP contribution in [0.1, 0.15) is 15.9 Å². The van der Waals surface area contributed by atoms with Crippen molar-refractivity contribution in [3.63, 3.8) is 0 Å². The van der Waals surface area contributed by atoms with Crippen LogP contribution in [0.25, 0.3) is 11.1 Å². The number of anilines is 2. The zero-order valence-electron chi connectivity index (χ0n) is 14.8. The number of aromatic nitrogens is 1. The zero-order chi connectivity index (χ0) is 19.3. The molecule has 1 aromatic heterocycles. The largest absolute Gasteiger partial charge is 0.493 e. The Morgan fingerprint density at radius 2 is 2.04 bits per heavy atom. The van der Waals surface area contributed by atoms with Gasteiger partial charge in [-0.15, -0.1) is 0 Å². The Balaban J connectivity index is 1.32. The van der Waals surface area contributed by atoms with E-state index in [0.717, 1.165) is 17.7 Å². The Labute approximate surface area is 159 Å². The molecular weight excluding hydrogens is 362 g/mol. The van der Waals surface area contributed by atoms with Gasteiger partial charge in [0.05, 0.1) is 12.5 Å². The minimum Gasteiger partial charge on any atom is -0.493 e. The lowest BCUT2D eigenvalue weighted by molar-refractivity contribution is -0.142. The molecule has 1 amide bonds. The van der Waals surface area contributed by atoms with Crippen molar-refractivity contribution in [2.75, 3.05) is 29.9 Å². The van der Waals surface area contributed by atoms with E-state index in [-0.39, 0.29) is 11.8 Å². The van der Waals surface area contributed by atoms with Crippen LogP contribution in [0.5, 0.6) is 5.75 Å². The molecule has 0 radical (unpaired) electrons. The van der Waals surface area contributed by atoms with Crippen molar-refractivity contribution in [3.05, 3.63) is 47.5 Å². The summed E-state index contributed by atoms with van der Waals surface area (Å²) in [5.41, 5.74) is 3.42. The topological polar surface area (TPSA) is 105 Å². The zero-order valence-corrected chi connectivity index (χ0v) is 14.8. The summed E-state index contributed by atoms with van der Waals surface area (Å²) in [4.78, 5) is 29.7. The van der Waals surface area contributed by atoms with Gasteiger partial charge in [-0.1, -0.05) is 0 Å². The number of oxazole rings is 1. The fourth-order valence-electron chi connectivity index (χ4n) is 3.45. The molecule has 0 unspecified atom stereocenters. The Morgan fingerprint density at radius 1 is 1.18 bits per heavy atom. The average Bonchev–Trinajstić information content (AvgIpc) is 3.25. The van der Waals surface area contributed by atoms with Crippen LogP contribution in [0.4, 0.5) is 11.7 Å². The van der Waals surface area contributed by atoms with Gasteiger partial charge in [0.1, 0.15) is 11.3 Å². The van der Waals surface area contributed by atoms with Gasteiger partial charge in [0.2, 0.25) is 0 Å². The van der Waals surface area contributed by atoms with E-state index in [9.17, 15) is 9.59 Å². The number of benzene rings is 2. The van der Waals surface area contributed by atoms with Crippen molar-refractivity contribution in [1.29, 1.82) is 0 Å². The first-order valence-electron chi connectivity index (χ1n) is 9.02. The second kappa shape index (κ2) is 6.26. The molecule has 8 heteroatoms. The number of aliphatic carboxylic acids is 1. The predicted molar refractivity (Wildman–Crippen MR) is 101 cm³/mol. The summed E-state index contributed by atoms with van der Waals surface area (Å²) in [5.74, 6) is -0.563. The van der Waals surface area contributed by atoms with E-state index < -0.39 is 5.97 Å². The van der Waals surface area contributed by atoms with Gasteiger partial charge in [-0.25, -0.2) is 0 Å². The molecule has 1 saturated heterocycles. The lowest BCUT2D eigenvalue weighted by atomic mass is 10.0. The second-order valence-corrected chi connectivity index (χ2v) is 6.99. The summed E-state index contributed by atoms with van der Waals surface area (Å²) in [6.45, 7) is 1.41. The van der Waals surface area contributed by atoms with Crippen LogP contribution in [-0.2, 0) is 11.2 Å². The first-order chi connectivity index (χ1) is 13.6. The van der Waals surface area contributed by atoms with Crippen molar-refractivity contribution in [3.8, 4) is 5.75 Å². The van der Waals surface area contributed by atoms with Crippen molar-refractivity contribution in [2.24, 2.45) is 5.92 Å². The van der Waals surface area contributed by atoms with Crippen LogP contribution in [-0.4, -0.2) is 41.7 Å². The lowest BCUT2D eigenvalue weighted by Crippen LogP contribution is -2.50. The highest BCUT2D eigenvalue weighted by Crippen LogP contribution is 2.30. The molecular formula is C20H17N3O5. The van der Waals surface area contributed by atoms with Crippen molar-refractivity contribution < 1.29 is 23.8 Å². The standard InChI is InChI=1S/C20H17N3O5/c24-18(12-1-3-16-11(7-12)5-6-27-16)21-14-2-4-17-15(8-14)22-20(28-17)23-9-13(10-23)19(25)26/h1-4,7-8,13H,5-6,9-10H2,(H,21,24)(H,25,26). The maximum atomic E-state index is 12.6. The summed E-state index contributed by atoms with van der Waals surface area (Å²) in [6, 6.07) is 11.1. The van der Waals surface area contributed by atoms with Crippen LogP contribution in [0, 0.1) is 5.92 Å². The van der Waals surface area contributed by atoms with Crippen LogP contribution in [0.2, 0.25) is 0 Å². The molecule has 1 fully saturated rings. The average molecular weight is 379 g/mol. The number of carbonyl (C=O) groups is 2. The van der Waals surface area contributed by atoms with Gasteiger partial charge in [-0.05, 0) is 42.0 Å². The number of hydrogen-bond donors (Lipinski definition) is 2. The van der Waals surface area contributed by atoms with Crippen LogP contribution in [0.3, 0.4) is 0 Å². The molecule has 3 heterocycles. The fraction of sp³-hybridized carbons (Fsp3) is 0.250. The highest BCUT2D eigenvalue weighted by atomic mass is 16.5. The molecule has 2 N–H and O–H groups in total. The van der Waals surface area contributed by atoms with Gasteiger partial charge in [0.15, 0.2) is 5.58 Å². The third kappa shape index (κ3) is 2.83. The minimum atomic E-state index is -0.810. The van der Waals surface area contributed by atoms with E-state index in [0.29, 0.717) is 48.1 Å². The number of carboxylic acid groups (broad SMARTS) is 1. The van der Waals surface area contributed by atoms with Crippen LogP contribution in [0.15, 0.2) is 40.8 Å². The van der Waals surface area contributed by atoms with E-state index in [2.05, 4.69) is 10.3 Å². The number of hydrogen-bond acceptors (Lipinski definition) is 6. The molecule has 2 aliphatic heterocycles. The Kier molecular flexibility index (Phi) is 3.71. The number of amides is 1. The van der Waals surface area contributed by atoms with E-state index in [1.807, 2.05) is 12.1 Å². The van der Waals surface area contributed by atoms with Crippen LogP contribution < -0.4 is 15.0 Å². The Hall–Kier alpha value is -3.55. The smallest absolute Gasteiger partial charge is 0.310 e. The number of nitrogens with zero attached hydrogens (tertiary/aromatic N) is 2. The van der Waals surface area contributed by atoms with Gasteiger partial charge >= 0.3 is 5.97 Å². The predicted octanol–water partition coefficient (Wildman–Crippen LogP) is 2.54. The van der Waals surface area contributed by atoms with E-state index in [1.54, 1.807) is 29.2 Å². The molecule has 0 atom stereocenters. The maximum absolute atomic E-state index is 12.6. The van der Waals surface area contributed by atoms with Crippen molar-refractivity contribution >= 4 is 34.7 Å². The summed E-state index contributed by atoms with van der Waals surface area (Å²) < 4.78 is 11.2. The molecule has 5 rings (SSSR count). The molecule has 0 saturated carbocycles. The first kappa shape index (κ1) is 16.6. The summed E-state index contributed by atoms with van der Waals surface area (Å²) >= 11 is 0. The molecule has 0 bridgehead atoms. The summed E-state index contributed by atoms with van der Waals surface area (Å²) in [6.07, 6.45) is 0.809. The maximum Gasteiger partial charge on any atom is 0.310 e. The number of ether oxygens (including phenoxy) is 1. The van der Waals surface area contributed by atoms with Gasteiger partial charge < -0.3 is 24.5 Å². The third-order valence-electron chi connectivity index (χ3n) is 5.09. The molecule has 8 nitrogen and oxygen atoms in total. The third-order valence-corrected chi connectivity index (χ3v) is 5.09. The van der Waals surface area contributed by atoms with Crippen LogP contribution >= 0.6 is 0 Å². The molecule has 3 aromatic rings. The molecule has 2 aliphatic rings. The molecule has 0 spiro atoms. The highest BCUT2D eigenvalue weighted by molar-refractivity contribution is 6.05. The summed E-state index contributed by atoms with van der Waals surface area (Å²) in [5, 5.41) is 11.9. The lowest BCUT2D eigenvalue weighted by Gasteiger charge is -2.35. The molecule has 28 heavy (non-hydrogen) atoms. The fourth-order valence-corrected chi connectivity index (χ4v) is 3.45. The van der Waals surface area contributed by atoms with Crippen molar-refractivity contribution in [1.82, 2.24) is 4.98 Å². The van der Waals surface area contributed by atoms with Gasteiger partial charge in [0.25, 0.3) is 11.9 Å². The first-order valence-corrected chi connectivity index (χ1v) is 9.02. The number of rotatable bonds is 4. The normalized spacial score (nSPS) is 15.8. The molecule has 142 valence electrons. The van der Waals surface area contributed by atoms with Gasteiger partial charge in [-0.3, -0.25) is 9.59 Å².